The molecule has 0 heterocycles. The summed E-state index contributed by atoms with van der Waals surface area (Å²) in [5, 5.41) is 0. The number of ether oxygens (including phenoxy) is 2. The smallest absolute Gasteiger partial charge is 0.330 e. The molecular formula is C23H40O3. The Morgan fingerprint density at radius 1 is 1.04 bits per heavy atom. The summed E-state index contributed by atoms with van der Waals surface area (Å²) in [5.74, 6) is 2.58. The monoisotopic (exact) mass is 364 g/mol. The van der Waals surface area contributed by atoms with Crippen LogP contribution in [0.4, 0.5) is 0 Å². The van der Waals surface area contributed by atoms with E-state index in [-0.39, 0.29) is 5.97 Å². The summed E-state index contributed by atoms with van der Waals surface area (Å²) >= 11 is 0. The van der Waals surface area contributed by atoms with E-state index in [9.17, 15) is 4.79 Å². The van der Waals surface area contributed by atoms with Crippen molar-refractivity contribution in [2.24, 2.45) is 23.2 Å². The van der Waals surface area contributed by atoms with Crippen molar-refractivity contribution in [2.45, 2.75) is 84.0 Å². The zero-order valence-electron chi connectivity index (χ0n) is 17.1. The van der Waals surface area contributed by atoms with E-state index in [1.54, 1.807) is 7.11 Å². The minimum atomic E-state index is -0.301. The van der Waals surface area contributed by atoms with Crippen molar-refractivity contribution in [1.29, 1.82) is 0 Å². The number of methoxy groups -OCH3 is 1. The van der Waals surface area contributed by atoms with Crippen LogP contribution in [0, 0.1) is 23.2 Å². The molecule has 0 unspecified atom stereocenters. The molecule has 26 heavy (non-hydrogen) atoms. The first-order chi connectivity index (χ1) is 12.6. The van der Waals surface area contributed by atoms with Crippen LogP contribution in [-0.4, -0.2) is 26.3 Å². The van der Waals surface area contributed by atoms with Gasteiger partial charge in [0.05, 0.1) is 6.61 Å². The van der Waals surface area contributed by atoms with Crippen molar-refractivity contribution < 1.29 is 14.3 Å². The van der Waals surface area contributed by atoms with Gasteiger partial charge >= 0.3 is 5.97 Å². The molecule has 3 nitrogen and oxygen atoms in total. The molecule has 0 aliphatic heterocycles. The first-order valence-corrected chi connectivity index (χ1v) is 10.9. The van der Waals surface area contributed by atoms with Crippen molar-refractivity contribution >= 4 is 5.97 Å². The molecular weight excluding hydrogens is 324 g/mol. The molecule has 0 bridgehead atoms. The molecule has 0 radical (unpaired) electrons. The molecule has 2 rings (SSSR count). The van der Waals surface area contributed by atoms with Crippen LogP contribution in [-0.2, 0) is 14.3 Å². The number of rotatable bonds is 10. The lowest BCUT2D eigenvalue weighted by molar-refractivity contribution is -0.138. The van der Waals surface area contributed by atoms with E-state index in [2.05, 4.69) is 13.5 Å². The lowest BCUT2D eigenvalue weighted by Crippen LogP contribution is -2.33. The number of esters is 1. The third-order valence-electron chi connectivity index (χ3n) is 7.23. The molecule has 150 valence electrons. The molecule has 2 saturated carbocycles. The second-order valence-corrected chi connectivity index (χ2v) is 8.77. The Kier molecular flexibility index (Phi) is 9.18. The van der Waals surface area contributed by atoms with E-state index in [1.165, 1.54) is 70.3 Å². The lowest BCUT2D eigenvalue weighted by Gasteiger charge is -2.44. The van der Waals surface area contributed by atoms with Gasteiger partial charge in [-0.25, -0.2) is 4.79 Å². The van der Waals surface area contributed by atoms with E-state index in [0.717, 1.165) is 37.2 Å². The van der Waals surface area contributed by atoms with Crippen molar-refractivity contribution in [3.8, 4) is 0 Å². The molecule has 0 atom stereocenters. The van der Waals surface area contributed by atoms with Gasteiger partial charge in [-0.1, -0.05) is 39.2 Å². The number of carbonyl (C=O) groups is 1. The van der Waals surface area contributed by atoms with Crippen LogP contribution in [0.25, 0.3) is 0 Å². The van der Waals surface area contributed by atoms with Gasteiger partial charge in [-0.3, -0.25) is 0 Å². The Balaban J connectivity index is 1.81. The molecule has 0 N–H and O–H groups in total. The first kappa shape index (κ1) is 21.5. The van der Waals surface area contributed by atoms with Crippen LogP contribution < -0.4 is 0 Å². The molecule has 0 aromatic carbocycles. The van der Waals surface area contributed by atoms with Gasteiger partial charge in [0.25, 0.3) is 0 Å². The standard InChI is InChI=1S/C23H40O3/c1-4-6-19-7-9-20(10-8-19)21-11-13-23(14-12-21,15-17-25-3)16-18-26-22(24)5-2/h5,19-21H,2,4,6-18H2,1,3H3. The van der Waals surface area contributed by atoms with Crippen LogP contribution in [0.2, 0.25) is 0 Å². The number of hydrogen-bond acceptors (Lipinski definition) is 3. The van der Waals surface area contributed by atoms with E-state index in [1.807, 2.05) is 0 Å². The third-order valence-corrected chi connectivity index (χ3v) is 7.23. The van der Waals surface area contributed by atoms with Gasteiger partial charge in [-0.05, 0) is 74.5 Å². The molecule has 2 fully saturated rings. The highest BCUT2D eigenvalue weighted by molar-refractivity contribution is 5.81. The van der Waals surface area contributed by atoms with E-state index >= 15 is 0 Å². The summed E-state index contributed by atoms with van der Waals surface area (Å²) < 4.78 is 10.7. The summed E-state index contributed by atoms with van der Waals surface area (Å²) in [6, 6.07) is 0. The predicted molar refractivity (Wildman–Crippen MR) is 107 cm³/mol. The van der Waals surface area contributed by atoms with Gasteiger partial charge in [0.1, 0.15) is 0 Å². The summed E-state index contributed by atoms with van der Waals surface area (Å²) in [4.78, 5) is 11.3. The average Bonchev–Trinajstić information content (AvgIpc) is 2.68. The quantitative estimate of drug-likeness (QED) is 0.356. The number of carbonyl (C=O) groups excluding carboxylic acids is 1. The van der Waals surface area contributed by atoms with Gasteiger partial charge < -0.3 is 9.47 Å². The Labute approximate surface area is 160 Å². The Bertz CT molecular complexity index is 415. The van der Waals surface area contributed by atoms with Crippen LogP contribution in [0.3, 0.4) is 0 Å². The van der Waals surface area contributed by atoms with Crippen LogP contribution in [0.15, 0.2) is 12.7 Å². The summed E-state index contributed by atoms with van der Waals surface area (Å²) in [6.07, 6.45) is 17.1. The van der Waals surface area contributed by atoms with E-state index in [0.29, 0.717) is 12.0 Å². The van der Waals surface area contributed by atoms with Crippen LogP contribution >= 0.6 is 0 Å². The van der Waals surface area contributed by atoms with E-state index in [4.69, 9.17) is 9.47 Å². The third kappa shape index (κ3) is 6.40. The summed E-state index contributed by atoms with van der Waals surface area (Å²) in [6.45, 7) is 7.12. The van der Waals surface area contributed by atoms with Gasteiger partial charge in [0, 0.05) is 19.8 Å². The number of hydrogen-bond donors (Lipinski definition) is 0. The molecule has 0 saturated heterocycles. The van der Waals surface area contributed by atoms with Gasteiger partial charge in [0.2, 0.25) is 0 Å². The fourth-order valence-electron chi connectivity index (χ4n) is 5.45. The Hall–Kier alpha value is -0.830. The summed E-state index contributed by atoms with van der Waals surface area (Å²) in [7, 11) is 1.78. The minimum absolute atomic E-state index is 0.299. The highest BCUT2D eigenvalue weighted by atomic mass is 16.5. The van der Waals surface area contributed by atoms with Gasteiger partial charge in [0.15, 0.2) is 0 Å². The fraction of sp³-hybridized carbons (Fsp3) is 0.870. The normalized spacial score (nSPS) is 32.2. The first-order valence-electron chi connectivity index (χ1n) is 10.9. The van der Waals surface area contributed by atoms with Crippen LogP contribution in [0.5, 0.6) is 0 Å². The minimum Gasteiger partial charge on any atom is -0.463 e. The molecule has 2 aliphatic carbocycles. The maximum absolute atomic E-state index is 11.3. The second-order valence-electron chi connectivity index (χ2n) is 8.77. The molecule has 3 heteroatoms. The zero-order valence-corrected chi connectivity index (χ0v) is 17.1. The van der Waals surface area contributed by atoms with Gasteiger partial charge in [-0.15, -0.1) is 0 Å². The SMILES string of the molecule is C=CC(=O)OCCC1(CCOC)CCC(C2CCC(CCC)CC2)CC1. The van der Waals surface area contributed by atoms with Crippen molar-refractivity contribution in [1.82, 2.24) is 0 Å². The second kappa shape index (κ2) is 11.1. The van der Waals surface area contributed by atoms with Crippen LogP contribution in [0.1, 0.15) is 84.0 Å². The maximum atomic E-state index is 11.3. The Morgan fingerprint density at radius 3 is 2.23 bits per heavy atom. The van der Waals surface area contributed by atoms with Gasteiger partial charge in [-0.2, -0.15) is 0 Å². The maximum Gasteiger partial charge on any atom is 0.330 e. The fourth-order valence-corrected chi connectivity index (χ4v) is 5.45. The molecule has 0 aromatic heterocycles. The van der Waals surface area contributed by atoms with Crippen molar-refractivity contribution in [3.05, 3.63) is 12.7 Å². The highest BCUT2D eigenvalue weighted by Gasteiger charge is 2.38. The average molecular weight is 365 g/mol. The lowest BCUT2D eigenvalue weighted by atomic mass is 9.62. The Morgan fingerprint density at radius 2 is 1.65 bits per heavy atom. The largest absolute Gasteiger partial charge is 0.463 e. The van der Waals surface area contributed by atoms with Crippen molar-refractivity contribution in [2.75, 3.05) is 20.3 Å². The zero-order chi connectivity index (χ0) is 18.8. The van der Waals surface area contributed by atoms with E-state index < -0.39 is 0 Å². The topological polar surface area (TPSA) is 35.5 Å². The predicted octanol–water partition coefficient (Wildman–Crippen LogP) is 5.93. The molecule has 0 spiro atoms. The summed E-state index contributed by atoms with van der Waals surface area (Å²) in [5.41, 5.74) is 0.299. The molecule has 0 amide bonds. The highest BCUT2D eigenvalue weighted by Crippen LogP contribution is 2.49. The molecule has 0 aromatic rings. The van der Waals surface area contributed by atoms with Crippen molar-refractivity contribution in [3.63, 3.8) is 0 Å². The molecule has 2 aliphatic rings.